The number of halogens is 1. The zero-order valence-electron chi connectivity index (χ0n) is 16.5. The lowest BCUT2D eigenvalue weighted by Crippen LogP contribution is -2.35. The van der Waals surface area contributed by atoms with Gasteiger partial charge in [-0.3, -0.25) is 9.59 Å². The van der Waals surface area contributed by atoms with Gasteiger partial charge in [0.25, 0.3) is 0 Å². The van der Waals surface area contributed by atoms with Crippen molar-refractivity contribution >= 4 is 17.5 Å². The van der Waals surface area contributed by atoms with Crippen LogP contribution in [0.3, 0.4) is 0 Å². The summed E-state index contributed by atoms with van der Waals surface area (Å²) in [6.07, 6.45) is 0.157. The van der Waals surface area contributed by atoms with E-state index in [2.05, 4.69) is 29.6 Å². The Kier molecular flexibility index (Phi) is 5.89. The Hall–Kier alpha value is -3.47. The SMILES string of the molecule is O=C(NCC(c1ccccc1)c1ccccc1)C1CC(=O)N(c2ccc(F)cc2)C1. The molecule has 3 aromatic carbocycles. The molecule has 0 saturated carbocycles. The van der Waals surface area contributed by atoms with E-state index in [0.29, 0.717) is 18.8 Å². The van der Waals surface area contributed by atoms with Crippen LogP contribution in [0, 0.1) is 11.7 Å². The zero-order chi connectivity index (χ0) is 20.9. The Bertz CT molecular complexity index is 967. The molecule has 0 bridgehead atoms. The number of amides is 2. The van der Waals surface area contributed by atoms with Crippen LogP contribution in [0.25, 0.3) is 0 Å². The standard InChI is InChI=1S/C25H23FN2O2/c26-21-11-13-22(14-12-21)28-17-20(15-24(28)29)25(30)27-16-23(18-7-3-1-4-8-18)19-9-5-2-6-10-19/h1-14,20,23H,15-17H2,(H,27,30). The Balaban J connectivity index is 1.44. The van der Waals surface area contributed by atoms with E-state index in [1.54, 1.807) is 17.0 Å². The van der Waals surface area contributed by atoms with Gasteiger partial charge in [0.05, 0.1) is 5.92 Å². The molecule has 2 amide bonds. The molecule has 1 atom stereocenters. The molecule has 0 aliphatic carbocycles. The number of carbonyl (C=O) groups excluding carboxylic acids is 2. The zero-order valence-corrected chi connectivity index (χ0v) is 16.5. The molecule has 4 nitrogen and oxygen atoms in total. The second-order valence-electron chi connectivity index (χ2n) is 7.50. The van der Waals surface area contributed by atoms with Gasteiger partial charge in [-0.05, 0) is 35.4 Å². The molecule has 0 radical (unpaired) electrons. The third kappa shape index (κ3) is 4.40. The van der Waals surface area contributed by atoms with Crippen molar-refractivity contribution in [1.82, 2.24) is 5.32 Å². The summed E-state index contributed by atoms with van der Waals surface area (Å²) in [4.78, 5) is 26.8. The van der Waals surface area contributed by atoms with E-state index < -0.39 is 5.92 Å². The molecule has 3 aromatic rings. The lowest BCUT2D eigenvalue weighted by atomic mass is 9.91. The van der Waals surface area contributed by atoms with Gasteiger partial charge < -0.3 is 10.2 Å². The summed E-state index contributed by atoms with van der Waals surface area (Å²) in [6.45, 7) is 0.756. The van der Waals surface area contributed by atoms with Crippen LogP contribution >= 0.6 is 0 Å². The van der Waals surface area contributed by atoms with Crippen molar-refractivity contribution in [2.75, 3.05) is 18.0 Å². The average molecular weight is 402 g/mol. The minimum absolute atomic E-state index is 0.0293. The quantitative estimate of drug-likeness (QED) is 0.674. The number of carbonyl (C=O) groups is 2. The van der Waals surface area contributed by atoms with Crippen LogP contribution in [0.2, 0.25) is 0 Å². The third-order valence-electron chi connectivity index (χ3n) is 5.52. The number of anilines is 1. The molecule has 1 aliphatic heterocycles. The first kappa shape index (κ1) is 19.8. The van der Waals surface area contributed by atoms with Gasteiger partial charge in [0.2, 0.25) is 11.8 Å². The number of hydrogen-bond donors (Lipinski definition) is 1. The second-order valence-corrected chi connectivity index (χ2v) is 7.50. The van der Waals surface area contributed by atoms with E-state index in [4.69, 9.17) is 0 Å². The predicted molar refractivity (Wildman–Crippen MR) is 115 cm³/mol. The van der Waals surface area contributed by atoms with Crippen molar-refractivity contribution in [3.05, 3.63) is 102 Å². The number of rotatable bonds is 6. The van der Waals surface area contributed by atoms with Crippen molar-refractivity contribution in [1.29, 1.82) is 0 Å². The average Bonchev–Trinajstić information content (AvgIpc) is 3.17. The molecular formula is C25H23FN2O2. The fourth-order valence-corrected chi connectivity index (χ4v) is 3.90. The summed E-state index contributed by atoms with van der Waals surface area (Å²) < 4.78 is 13.2. The summed E-state index contributed by atoms with van der Waals surface area (Å²) in [6, 6.07) is 25.9. The van der Waals surface area contributed by atoms with E-state index in [1.807, 2.05) is 36.4 Å². The van der Waals surface area contributed by atoms with Gasteiger partial charge in [0.1, 0.15) is 5.82 Å². The van der Waals surface area contributed by atoms with Gasteiger partial charge in [-0.15, -0.1) is 0 Å². The molecule has 1 fully saturated rings. The van der Waals surface area contributed by atoms with Crippen LogP contribution in [-0.2, 0) is 9.59 Å². The highest BCUT2D eigenvalue weighted by molar-refractivity contribution is 6.00. The monoisotopic (exact) mass is 402 g/mol. The number of benzene rings is 3. The van der Waals surface area contributed by atoms with Crippen molar-refractivity contribution < 1.29 is 14.0 Å². The topological polar surface area (TPSA) is 49.4 Å². The maximum Gasteiger partial charge on any atom is 0.227 e. The van der Waals surface area contributed by atoms with Crippen molar-refractivity contribution in [3.63, 3.8) is 0 Å². The molecule has 4 rings (SSSR count). The van der Waals surface area contributed by atoms with Gasteiger partial charge in [0, 0.05) is 31.1 Å². The van der Waals surface area contributed by atoms with Crippen LogP contribution in [0.1, 0.15) is 23.5 Å². The van der Waals surface area contributed by atoms with Crippen LogP contribution in [0.5, 0.6) is 0 Å². The Morgan fingerprint density at radius 2 is 1.50 bits per heavy atom. The molecule has 1 N–H and O–H groups in total. The lowest BCUT2D eigenvalue weighted by molar-refractivity contribution is -0.126. The number of hydrogen-bond acceptors (Lipinski definition) is 2. The highest BCUT2D eigenvalue weighted by atomic mass is 19.1. The maximum absolute atomic E-state index is 13.2. The summed E-state index contributed by atoms with van der Waals surface area (Å²) in [5.74, 6) is -1.00. The van der Waals surface area contributed by atoms with Gasteiger partial charge in [-0.1, -0.05) is 60.7 Å². The molecule has 1 aliphatic rings. The number of nitrogens with zero attached hydrogens (tertiary/aromatic N) is 1. The Morgan fingerprint density at radius 3 is 2.07 bits per heavy atom. The first-order chi connectivity index (χ1) is 14.6. The highest BCUT2D eigenvalue weighted by Crippen LogP contribution is 2.27. The molecule has 30 heavy (non-hydrogen) atoms. The molecule has 5 heteroatoms. The minimum atomic E-state index is -0.422. The Morgan fingerprint density at radius 1 is 0.933 bits per heavy atom. The van der Waals surface area contributed by atoms with Gasteiger partial charge in [-0.25, -0.2) is 4.39 Å². The molecular weight excluding hydrogens is 379 g/mol. The summed E-state index contributed by atoms with van der Waals surface area (Å²) in [5.41, 5.74) is 2.86. The van der Waals surface area contributed by atoms with Crippen LogP contribution in [0.4, 0.5) is 10.1 Å². The molecule has 1 saturated heterocycles. The summed E-state index contributed by atoms with van der Waals surface area (Å²) in [5, 5.41) is 3.05. The maximum atomic E-state index is 13.2. The van der Waals surface area contributed by atoms with E-state index in [9.17, 15) is 14.0 Å². The molecule has 152 valence electrons. The van der Waals surface area contributed by atoms with Gasteiger partial charge >= 0.3 is 0 Å². The highest BCUT2D eigenvalue weighted by Gasteiger charge is 2.35. The summed E-state index contributed by atoms with van der Waals surface area (Å²) >= 11 is 0. The molecule has 0 spiro atoms. The van der Waals surface area contributed by atoms with E-state index in [-0.39, 0.29) is 30.0 Å². The van der Waals surface area contributed by atoms with Gasteiger partial charge in [0.15, 0.2) is 0 Å². The Labute approximate surface area is 175 Å². The lowest BCUT2D eigenvalue weighted by Gasteiger charge is -2.20. The first-order valence-corrected chi connectivity index (χ1v) is 10.1. The fourth-order valence-electron chi connectivity index (χ4n) is 3.90. The van der Waals surface area contributed by atoms with Crippen LogP contribution < -0.4 is 10.2 Å². The number of nitrogens with one attached hydrogen (secondary N) is 1. The van der Waals surface area contributed by atoms with Gasteiger partial charge in [-0.2, -0.15) is 0 Å². The van der Waals surface area contributed by atoms with Crippen LogP contribution in [0.15, 0.2) is 84.9 Å². The van der Waals surface area contributed by atoms with Crippen molar-refractivity contribution in [2.45, 2.75) is 12.3 Å². The predicted octanol–water partition coefficient (Wildman–Crippen LogP) is 4.13. The van der Waals surface area contributed by atoms with Crippen LogP contribution in [-0.4, -0.2) is 24.9 Å². The largest absolute Gasteiger partial charge is 0.355 e. The third-order valence-corrected chi connectivity index (χ3v) is 5.52. The van der Waals surface area contributed by atoms with E-state index >= 15 is 0 Å². The van der Waals surface area contributed by atoms with E-state index in [0.717, 1.165) is 11.1 Å². The van der Waals surface area contributed by atoms with Crippen molar-refractivity contribution in [2.24, 2.45) is 5.92 Å². The molecule has 1 unspecified atom stereocenters. The minimum Gasteiger partial charge on any atom is -0.355 e. The molecule has 1 heterocycles. The summed E-state index contributed by atoms with van der Waals surface area (Å²) in [7, 11) is 0. The van der Waals surface area contributed by atoms with Crippen molar-refractivity contribution in [3.8, 4) is 0 Å². The molecule has 0 aromatic heterocycles. The smallest absolute Gasteiger partial charge is 0.227 e. The normalized spacial score (nSPS) is 16.1. The first-order valence-electron chi connectivity index (χ1n) is 10.1. The fraction of sp³-hybridized carbons (Fsp3) is 0.200. The van der Waals surface area contributed by atoms with E-state index in [1.165, 1.54) is 12.1 Å². The second kappa shape index (κ2) is 8.91.